The van der Waals surface area contributed by atoms with Crippen LogP contribution in [0.5, 0.6) is 0 Å². The van der Waals surface area contributed by atoms with Crippen molar-refractivity contribution in [3.05, 3.63) is 46.7 Å². The van der Waals surface area contributed by atoms with Crippen LogP contribution in [0.2, 0.25) is 0 Å². The summed E-state index contributed by atoms with van der Waals surface area (Å²) in [5, 5.41) is 7.29. The lowest BCUT2D eigenvalue weighted by molar-refractivity contribution is -0.114. The van der Waals surface area contributed by atoms with Crippen molar-refractivity contribution in [3.63, 3.8) is 0 Å². The number of amides is 2. The number of para-hydroxylation sites is 2. The van der Waals surface area contributed by atoms with E-state index in [0.717, 1.165) is 0 Å². The molecule has 18 heavy (non-hydrogen) atoms. The van der Waals surface area contributed by atoms with Crippen molar-refractivity contribution in [2.24, 2.45) is 0 Å². The molecule has 0 aliphatic carbocycles. The number of hydrogen-bond donors (Lipinski definition) is 2. The van der Waals surface area contributed by atoms with Crippen LogP contribution >= 0.6 is 11.3 Å². The number of anilines is 2. The summed E-state index contributed by atoms with van der Waals surface area (Å²) in [6.07, 6.45) is 0. The molecule has 2 aromatic rings. The lowest BCUT2D eigenvalue weighted by atomic mass is 10.2. The second kappa shape index (κ2) is 5.46. The highest BCUT2D eigenvalue weighted by Gasteiger charge is 2.09. The van der Waals surface area contributed by atoms with Gasteiger partial charge in [-0.25, -0.2) is 0 Å². The van der Waals surface area contributed by atoms with Crippen molar-refractivity contribution in [1.29, 1.82) is 0 Å². The molecule has 4 nitrogen and oxygen atoms in total. The van der Waals surface area contributed by atoms with Crippen LogP contribution < -0.4 is 10.6 Å². The number of hydrogen-bond acceptors (Lipinski definition) is 3. The average Bonchev–Trinajstić information content (AvgIpc) is 2.84. The predicted molar refractivity (Wildman–Crippen MR) is 73.0 cm³/mol. The molecule has 92 valence electrons. The third-order valence-corrected chi connectivity index (χ3v) is 3.10. The molecule has 2 N–H and O–H groups in total. The monoisotopic (exact) mass is 260 g/mol. The molecule has 0 saturated heterocycles. The third kappa shape index (κ3) is 2.95. The molecule has 0 radical (unpaired) electrons. The van der Waals surface area contributed by atoms with Crippen LogP contribution in [-0.4, -0.2) is 11.8 Å². The lowest BCUT2D eigenvalue weighted by Gasteiger charge is -2.10. The summed E-state index contributed by atoms with van der Waals surface area (Å²) in [7, 11) is 0. The predicted octanol–water partition coefficient (Wildman–Crippen LogP) is 2.96. The molecule has 0 unspecified atom stereocenters. The second-order valence-electron chi connectivity index (χ2n) is 3.66. The van der Waals surface area contributed by atoms with Gasteiger partial charge in [-0.15, -0.1) is 11.3 Å². The van der Waals surface area contributed by atoms with Crippen molar-refractivity contribution in [2.45, 2.75) is 6.92 Å². The zero-order valence-electron chi connectivity index (χ0n) is 9.77. The standard InChI is InChI=1S/C13H12N2O2S/c1-9(16)14-10-5-2-3-6-11(10)15-13(17)12-7-4-8-18-12/h2-8H,1H3,(H,14,16)(H,15,17). The van der Waals surface area contributed by atoms with E-state index >= 15 is 0 Å². The van der Waals surface area contributed by atoms with Crippen LogP contribution in [0.4, 0.5) is 11.4 Å². The molecule has 0 fully saturated rings. The Hall–Kier alpha value is -2.14. The third-order valence-electron chi connectivity index (χ3n) is 2.23. The summed E-state index contributed by atoms with van der Waals surface area (Å²) in [5.74, 6) is -0.351. The minimum Gasteiger partial charge on any atom is -0.325 e. The van der Waals surface area contributed by atoms with E-state index < -0.39 is 0 Å². The topological polar surface area (TPSA) is 58.2 Å². The summed E-state index contributed by atoms with van der Waals surface area (Å²) in [4.78, 5) is 23.6. The molecular formula is C13H12N2O2S. The van der Waals surface area contributed by atoms with Crippen LogP contribution in [0.25, 0.3) is 0 Å². The largest absolute Gasteiger partial charge is 0.325 e. The Balaban J connectivity index is 2.18. The van der Waals surface area contributed by atoms with Gasteiger partial charge in [0.1, 0.15) is 0 Å². The van der Waals surface area contributed by atoms with Crippen molar-refractivity contribution in [2.75, 3.05) is 10.6 Å². The van der Waals surface area contributed by atoms with Gasteiger partial charge in [-0.3, -0.25) is 9.59 Å². The minimum absolute atomic E-state index is 0.173. The smallest absolute Gasteiger partial charge is 0.265 e. The van der Waals surface area contributed by atoms with Gasteiger partial charge in [0.05, 0.1) is 16.3 Å². The van der Waals surface area contributed by atoms with E-state index in [-0.39, 0.29) is 11.8 Å². The number of carbonyl (C=O) groups is 2. The van der Waals surface area contributed by atoms with Gasteiger partial charge in [-0.1, -0.05) is 18.2 Å². The highest BCUT2D eigenvalue weighted by Crippen LogP contribution is 2.22. The van der Waals surface area contributed by atoms with Crippen LogP contribution in [0.1, 0.15) is 16.6 Å². The van der Waals surface area contributed by atoms with Crippen LogP contribution in [0.15, 0.2) is 41.8 Å². The highest BCUT2D eigenvalue weighted by molar-refractivity contribution is 7.12. The quantitative estimate of drug-likeness (QED) is 0.891. The molecule has 2 rings (SSSR count). The Labute approximate surface area is 109 Å². The molecular weight excluding hydrogens is 248 g/mol. The van der Waals surface area contributed by atoms with Crippen molar-refractivity contribution >= 4 is 34.5 Å². The van der Waals surface area contributed by atoms with E-state index in [4.69, 9.17) is 0 Å². The molecule has 5 heteroatoms. The summed E-state index contributed by atoms with van der Waals surface area (Å²) >= 11 is 1.37. The van der Waals surface area contributed by atoms with Gasteiger partial charge < -0.3 is 10.6 Å². The molecule has 2 amide bonds. The van der Waals surface area contributed by atoms with E-state index in [1.807, 2.05) is 11.4 Å². The van der Waals surface area contributed by atoms with Crippen molar-refractivity contribution < 1.29 is 9.59 Å². The van der Waals surface area contributed by atoms with Gasteiger partial charge in [0, 0.05) is 6.92 Å². The first-order valence-corrected chi connectivity index (χ1v) is 6.26. The van der Waals surface area contributed by atoms with Crippen LogP contribution in [0, 0.1) is 0 Å². The molecule has 1 aromatic heterocycles. The van der Waals surface area contributed by atoms with E-state index in [9.17, 15) is 9.59 Å². The van der Waals surface area contributed by atoms with Crippen molar-refractivity contribution in [3.8, 4) is 0 Å². The first-order chi connectivity index (χ1) is 8.66. The molecule has 0 spiro atoms. The number of carbonyl (C=O) groups excluding carboxylic acids is 2. The maximum Gasteiger partial charge on any atom is 0.265 e. The fourth-order valence-corrected chi connectivity index (χ4v) is 2.10. The Bertz CT molecular complexity index is 564. The van der Waals surface area contributed by atoms with Gasteiger partial charge in [0.2, 0.25) is 5.91 Å². The molecule has 0 saturated carbocycles. The summed E-state index contributed by atoms with van der Waals surface area (Å²) in [5.41, 5.74) is 1.18. The average molecular weight is 260 g/mol. The number of thiophene rings is 1. The Morgan fingerprint density at radius 3 is 2.22 bits per heavy atom. The van der Waals surface area contributed by atoms with Crippen molar-refractivity contribution in [1.82, 2.24) is 0 Å². The normalized spacial score (nSPS) is 9.83. The highest BCUT2D eigenvalue weighted by atomic mass is 32.1. The van der Waals surface area contributed by atoms with Gasteiger partial charge in [-0.2, -0.15) is 0 Å². The van der Waals surface area contributed by atoms with Gasteiger partial charge >= 0.3 is 0 Å². The first kappa shape index (κ1) is 12.3. The SMILES string of the molecule is CC(=O)Nc1ccccc1NC(=O)c1cccs1. The fourth-order valence-electron chi connectivity index (χ4n) is 1.48. The van der Waals surface area contributed by atoms with E-state index in [0.29, 0.717) is 16.3 Å². The number of nitrogens with one attached hydrogen (secondary N) is 2. The van der Waals surface area contributed by atoms with Crippen LogP contribution in [-0.2, 0) is 4.79 Å². The van der Waals surface area contributed by atoms with Gasteiger partial charge in [0.25, 0.3) is 5.91 Å². The molecule has 0 aliphatic rings. The minimum atomic E-state index is -0.178. The summed E-state index contributed by atoms with van der Waals surface area (Å²) in [6.45, 7) is 1.43. The Morgan fingerprint density at radius 1 is 1.00 bits per heavy atom. The van der Waals surface area contributed by atoms with Gasteiger partial charge in [0.15, 0.2) is 0 Å². The van der Waals surface area contributed by atoms with E-state index in [2.05, 4.69) is 10.6 Å². The van der Waals surface area contributed by atoms with Gasteiger partial charge in [-0.05, 0) is 23.6 Å². The zero-order valence-corrected chi connectivity index (χ0v) is 10.6. The number of benzene rings is 1. The Kier molecular flexibility index (Phi) is 3.74. The summed E-state index contributed by atoms with van der Waals surface area (Å²) < 4.78 is 0. The fraction of sp³-hybridized carbons (Fsp3) is 0.0769. The maximum absolute atomic E-state index is 11.9. The molecule has 1 heterocycles. The Morgan fingerprint density at radius 2 is 1.67 bits per heavy atom. The van der Waals surface area contributed by atoms with E-state index in [1.54, 1.807) is 30.3 Å². The summed E-state index contributed by atoms with van der Waals surface area (Å²) in [6, 6.07) is 10.7. The second-order valence-corrected chi connectivity index (χ2v) is 4.61. The van der Waals surface area contributed by atoms with Crippen LogP contribution in [0.3, 0.4) is 0 Å². The molecule has 0 aliphatic heterocycles. The molecule has 0 atom stereocenters. The first-order valence-electron chi connectivity index (χ1n) is 5.38. The number of rotatable bonds is 3. The molecule has 0 bridgehead atoms. The van der Waals surface area contributed by atoms with E-state index in [1.165, 1.54) is 18.3 Å². The lowest BCUT2D eigenvalue weighted by Crippen LogP contribution is -2.14. The molecule has 1 aromatic carbocycles. The maximum atomic E-state index is 11.9. The zero-order chi connectivity index (χ0) is 13.0.